The number of ether oxygens (including phenoxy) is 2. The summed E-state index contributed by atoms with van der Waals surface area (Å²) in [4.78, 5) is 25.7. The Kier molecular flexibility index (Phi) is 14.5. The smallest absolute Gasteiger partial charge is 0.338 e. The zero-order valence-electron chi connectivity index (χ0n) is 35.5. The van der Waals surface area contributed by atoms with Crippen molar-refractivity contribution < 1.29 is 28.2 Å². The Balaban J connectivity index is 1.32. The van der Waals surface area contributed by atoms with Crippen LogP contribution in [-0.4, -0.2) is 24.3 Å². The highest BCUT2D eigenvalue weighted by Gasteiger charge is 2.30. The molecular weight excluding hydrogens is 795 g/mol. The zero-order chi connectivity index (χ0) is 43.6. The molecule has 6 rings (SSSR count). The molecule has 6 aromatic rings. The molecule has 8 heteroatoms. The minimum atomic E-state index is -2.97. The Morgan fingerprint density at radius 3 is 1.07 bits per heavy atom. The highest BCUT2D eigenvalue weighted by molar-refractivity contribution is 7.79. The first-order valence-electron chi connectivity index (χ1n) is 20.6. The topological polar surface area (TPSA) is 86.7 Å². The lowest BCUT2D eigenvalue weighted by Gasteiger charge is -2.28. The van der Waals surface area contributed by atoms with E-state index in [0.717, 1.165) is 43.5 Å². The van der Waals surface area contributed by atoms with Gasteiger partial charge in [0.2, 0.25) is 0 Å². The van der Waals surface area contributed by atoms with Gasteiger partial charge < -0.3 is 18.6 Å². The SMILES string of the molecule is C=C(C)C(=O)Oc1ccc(C(C)(C)c2ccc(OC(=O)C(=C)C)c(CCCP(=O)(c3ccccc3)c3ccccc3)c2)cc1CCCP(=O)(c1ccccc1)c1ccccc1. The molecule has 0 bridgehead atoms. The molecule has 6 nitrogen and oxygen atoms in total. The minimum Gasteiger partial charge on any atom is -0.423 e. The van der Waals surface area contributed by atoms with Gasteiger partial charge in [-0.25, -0.2) is 9.59 Å². The Hall–Kier alpha value is -5.80. The number of benzene rings is 6. The van der Waals surface area contributed by atoms with E-state index in [1.165, 1.54) is 0 Å². The van der Waals surface area contributed by atoms with Gasteiger partial charge in [-0.15, -0.1) is 0 Å². The van der Waals surface area contributed by atoms with Crippen molar-refractivity contribution in [2.75, 3.05) is 12.3 Å². The first kappa shape index (κ1) is 44.7. The van der Waals surface area contributed by atoms with E-state index in [2.05, 4.69) is 39.1 Å². The van der Waals surface area contributed by atoms with Crippen molar-refractivity contribution in [2.45, 2.75) is 58.8 Å². The van der Waals surface area contributed by atoms with Crippen LogP contribution in [-0.2, 0) is 37.0 Å². The van der Waals surface area contributed by atoms with Crippen LogP contribution in [0.4, 0.5) is 0 Å². The number of rotatable bonds is 18. The lowest BCUT2D eigenvalue weighted by molar-refractivity contribution is -0.131. The number of hydrogen-bond acceptors (Lipinski definition) is 6. The zero-order valence-corrected chi connectivity index (χ0v) is 37.3. The van der Waals surface area contributed by atoms with Gasteiger partial charge in [0.1, 0.15) is 25.8 Å². The van der Waals surface area contributed by atoms with Crippen molar-refractivity contribution in [2.24, 2.45) is 0 Å². The third-order valence-electron chi connectivity index (χ3n) is 11.2. The van der Waals surface area contributed by atoms with Crippen LogP contribution in [0.5, 0.6) is 11.5 Å². The Morgan fingerprint density at radius 2 is 0.787 bits per heavy atom. The number of carbonyl (C=O) groups excluding carboxylic acids is 2. The summed E-state index contributed by atoms with van der Waals surface area (Å²) >= 11 is 0. The lowest BCUT2D eigenvalue weighted by atomic mass is 9.76. The van der Waals surface area contributed by atoms with E-state index >= 15 is 0 Å². The molecule has 0 atom stereocenters. The van der Waals surface area contributed by atoms with E-state index in [1.807, 2.05) is 146 Å². The van der Waals surface area contributed by atoms with Gasteiger partial charge in [-0.05, 0) is 73.9 Å². The van der Waals surface area contributed by atoms with Gasteiger partial charge in [-0.1, -0.05) is 173 Å². The van der Waals surface area contributed by atoms with Crippen molar-refractivity contribution in [3.63, 3.8) is 0 Å². The Labute approximate surface area is 361 Å². The van der Waals surface area contributed by atoms with Crippen LogP contribution in [0.1, 0.15) is 62.8 Å². The second kappa shape index (κ2) is 19.7. The van der Waals surface area contributed by atoms with Crippen molar-refractivity contribution in [3.8, 4) is 11.5 Å². The second-order valence-corrected chi connectivity index (χ2v) is 22.0. The molecule has 6 aromatic carbocycles. The average molecular weight is 849 g/mol. The van der Waals surface area contributed by atoms with Crippen LogP contribution in [0.2, 0.25) is 0 Å². The molecule has 0 aliphatic carbocycles. The molecule has 0 radical (unpaired) electrons. The fourth-order valence-electron chi connectivity index (χ4n) is 7.54. The predicted octanol–water partition coefficient (Wildman–Crippen LogP) is 10.9. The van der Waals surface area contributed by atoms with Crippen molar-refractivity contribution in [3.05, 3.63) is 204 Å². The fraction of sp³-hybridized carbons (Fsp3) is 0.208. The molecule has 0 aliphatic rings. The third kappa shape index (κ3) is 10.6. The average Bonchev–Trinajstić information content (AvgIpc) is 3.28. The van der Waals surface area contributed by atoms with Crippen LogP contribution < -0.4 is 30.7 Å². The number of esters is 2. The van der Waals surface area contributed by atoms with E-state index in [0.29, 0.717) is 49.5 Å². The minimum absolute atomic E-state index is 0.289. The summed E-state index contributed by atoms with van der Waals surface area (Å²) in [5, 5.41) is 3.23. The Bertz CT molecular complexity index is 2330. The summed E-state index contributed by atoms with van der Waals surface area (Å²) in [5.41, 5.74) is 3.60. The maximum atomic E-state index is 14.9. The maximum Gasteiger partial charge on any atom is 0.338 e. The Morgan fingerprint density at radius 1 is 0.492 bits per heavy atom. The van der Waals surface area contributed by atoms with Gasteiger partial charge in [-0.2, -0.15) is 0 Å². The normalized spacial score (nSPS) is 11.7. The van der Waals surface area contributed by atoms with Gasteiger partial charge in [0, 0.05) is 50.1 Å². The molecule has 0 unspecified atom stereocenters. The van der Waals surface area contributed by atoms with Crippen molar-refractivity contribution in [1.82, 2.24) is 0 Å². The highest BCUT2D eigenvalue weighted by atomic mass is 31.2. The highest BCUT2D eigenvalue weighted by Crippen LogP contribution is 2.46. The maximum absolute atomic E-state index is 14.9. The molecule has 0 fully saturated rings. The quantitative estimate of drug-likeness (QED) is 0.0371. The van der Waals surface area contributed by atoms with Gasteiger partial charge in [-0.3, -0.25) is 0 Å². The summed E-state index contributed by atoms with van der Waals surface area (Å²) in [6.07, 6.45) is 3.03. The molecule has 0 N–H and O–H groups in total. The molecule has 0 spiro atoms. The van der Waals surface area contributed by atoms with Gasteiger partial charge in [0.15, 0.2) is 0 Å². The molecular formula is C53H54O6P2. The molecule has 0 saturated heterocycles. The van der Waals surface area contributed by atoms with Gasteiger partial charge in [0.05, 0.1) is 0 Å². The van der Waals surface area contributed by atoms with Crippen LogP contribution in [0, 0.1) is 0 Å². The van der Waals surface area contributed by atoms with E-state index in [1.54, 1.807) is 13.8 Å². The second-order valence-electron chi connectivity index (χ2n) is 16.1. The van der Waals surface area contributed by atoms with Crippen LogP contribution in [0.15, 0.2) is 182 Å². The van der Waals surface area contributed by atoms with E-state index < -0.39 is 31.6 Å². The molecule has 0 saturated carbocycles. The largest absolute Gasteiger partial charge is 0.423 e. The molecule has 61 heavy (non-hydrogen) atoms. The summed E-state index contributed by atoms with van der Waals surface area (Å²) in [6.45, 7) is 15.1. The number of aryl methyl sites for hydroxylation is 2. The summed E-state index contributed by atoms with van der Waals surface area (Å²) < 4.78 is 41.5. The molecule has 0 aromatic heterocycles. The first-order valence-corrected chi connectivity index (χ1v) is 24.4. The third-order valence-corrected chi connectivity index (χ3v) is 17.6. The number of hydrogen-bond donors (Lipinski definition) is 0. The molecule has 0 heterocycles. The first-order chi connectivity index (χ1) is 29.2. The number of carbonyl (C=O) groups is 2. The van der Waals surface area contributed by atoms with Gasteiger partial charge in [0.25, 0.3) is 0 Å². The van der Waals surface area contributed by atoms with Crippen LogP contribution in [0.25, 0.3) is 0 Å². The predicted molar refractivity (Wildman–Crippen MR) is 252 cm³/mol. The van der Waals surface area contributed by atoms with Crippen molar-refractivity contribution >= 4 is 47.4 Å². The summed E-state index contributed by atoms with van der Waals surface area (Å²) in [7, 11) is -5.95. The standard InChI is InChI=1S/C53H54O6P2/c1-39(2)51(54)58-49-33-31-43(37-41(49)21-19-35-60(56,45-23-11-7-12-24-45)46-25-13-8-14-26-46)53(5,6)44-32-34-50(59-52(55)40(3)4)42(38-44)22-20-36-61(57,47-27-15-9-16-28-47)48-29-17-10-18-30-48/h7-18,23-34,37-38H,1,3,19-22,35-36H2,2,4-6H3. The summed E-state index contributed by atoms with van der Waals surface area (Å²) in [6, 6.07) is 50.2. The van der Waals surface area contributed by atoms with Crippen molar-refractivity contribution in [1.29, 1.82) is 0 Å². The summed E-state index contributed by atoms with van der Waals surface area (Å²) in [5.74, 6) is -0.154. The van der Waals surface area contributed by atoms with Crippen LogP contribution in [0.3, 0.4) is 0 Å². The van der Waals surface area contributed by atoms with E-state index in [4.69, 9.17) is 9.47 Å². The molecule has 312 valence electrons. The monoisotopic (exact) mass is 848 g/mol. The molecule has 0 aliphatic heterocycles. The fourth-order valence-corrected chi connectivity index (χ4v) is 13.0. The van der Waals surface area contributed by atoms with E-state index in [9.17, 15) is 18.7 Å². The van der Waals surface area contributed by atoms with Gasteiger partial charge >= 0.3 is 11.9 Å². The molecule has 0 amide bonds. The lowest BCUT2D eigenvalue weighted by Crippen LogP contribution is -2.21. The van der Waals surface area contributed by atoms with E-state index in [-0.39, 0.29) is 11.1 Å². The van der Waals surface area contributed by atoms with Crippen LogP contribution >= 0.6 is 14.3 Å².